The highest BCUT2D eigenvalue weighted by atomic mass is 127. The summed E-state index contributed by atoms with van der Waals surface area (Å²) in [6.07, 6.45) is -2.48. The van der Waals surface area contributed by atoms with Crippen LogP contribution in [-0.2, 0) is 0 Å². The number of anilines is 1. The van der Waals surface area contributed by atoms with E-state index in [4.69, 9.17) is 0 Å². The number of benzene rings is 1. The average molecular weight is 461 g/mol. The summed E-state index contributed by atoms with van der Waals surface area (Å²) in [4.78, 5) is 6.38. The number of alkyl halides is 3. The van der Waals surface area contributed by atoms with Crippen LogP contribution in [-0.4, -0.2) is 42.2 Å². The normalized spacial score (nSPS) is 17.0. The van der Waals surface area contributed by atoms with Gasteiger partial charge in [0.2, 0.25) is 0 Å². The van der Waals surface area contributed by atoms with Crippen LogP contribution in [0.2, 0.25) is 0 Å². The molecule has 2 aromatic rings. The van der Waals surface area contributed by atoms with Gasteiger partial charge in [0.15, 0.2) is 0 Å². The van der Waals surface area contributed by atoms with E-state index in [2.05, 4.69) is 28.8 Å². The molecule has 0 spiro atoms. The Morgan fingerprint density at radius 3 is 2.60 bits per heavy atom. The number of likely N-dealkylation sites (tertiary alicyclic amines) is 1. The minimum Gasteiger partial charge on any atom is -0.382 e. The lowest BCUT2D eigenvalue weighted by atomic mass is 10.0. The highest BCUT2D eigenvalue weighted by Gasteiger charge is 2.35. The number of halogens is 4. The van der Waals surface area contributed by atoms with E-state index in [0.717, 1.165) is 37.0 Å². The molecule has 0 radical (unpaired) electrons. The Bertz CT molecular complexity index is 796. The van der Waals surface area contributed by atoms with E-state index in [-0.39, 0.29) is 5.69 Å². The van der Waals surface area contributed by atoms with Crippen LogP contribution in [0.15, 0.2) is 30.8 Å². The molecule has 1 aliphatic heterocycles. The Labute approximate surface area is 158 Å². The molecule has 1 aliphatic rings. The van der Waals surface area contributed by atoms with E-state index >= 15 is 0 Å². The van der Waals surface area contributed by atoms with Crippen LogP contribution in [0.3, 0.4) is 0 Å². The Morgan fingerprint density at radius 1 is 1.28 bits per heavy atom. The minimum absolute atomic E-state index is 0.0959. The lowest BCUT2D eigenvalue weighted by molar-refractivity contribution is -0.0688. The standard InChI is InChI=1S/C18H19F3IN3/c1-11(18(19,20)21)17-13-4-3-5-15(14(13)10-16(22)24-17)23-12-6-8-25(2)9-7-12/h3-5,10,12,23H,1,6-9H2,2H3. The fraction of sp³-hybridized carbons (Fsp3) is 0.389. The third kappa shape index (κ3) is 4.08. The molecule has 0 bridgehead atoms. The molecule has 1 aromatic heterocycles. The smallest absolute Gasteiger partial charge is 0.382 e. The number of nitrogens with one attached hydrogen (secondary N) is 1. The van der Waals surface area contributed by atoms with Gasteiger partial charge in [0, 0.05) is 22.5 Å². The number of hydrogen-bond donors (Lipinski definition) is 1. The fourth-order valence-electron chi connectivity index (χ4n) is 3.11. The van der Waals surface area contributed by atoms with Crippen molar-refractivity contribution in [2.24, 2.45) is 0 Å². The SMILES string of the molecule is C=C(c1nc(I)cc2c(NC3CCN(C)CC3)cccc12)C(F)(F)F. The van der Waals surface area contributed by atoms with E-state index in [1.807, 2.05) is 34.7 Å². The van der Waals surface area contributed by atoms with E-state index in [9.17, 15) is 13.2 Å². The lowest BCUT2D eigenvalue weighted by Crippen LogP contribution is -2.36. The molecule has 3 rings (SSSR count). The summed E-state index contributed by atoms with van der Waals surface area (Å²) in [6.45, 7) is 5.25. The van der Waals surface area contributed by atoms with Crippen molar-refractivity contribution in [2.45, 2.75) is 25.1 Å². The number of rotatable bonds is 3. The van der Waals surface area contributed by atoms with E-state index < -0.39 is 11.7 Å². The third-order valence-corrected chi connectivity index (χ3v) is 5.10. The molecular formula is C18H19F3IN3. The van der Waals surface area contributed by atoms with Crippen LogP contribution in [0.1, 0.15) is 18.5 Å². The monoisotopic (exact) mass is 461 g/mol. The van der Waals surface area contributed by atoms with Gasteiger partial charge in [-0.15, -0.1) is 0 Å². The maximum absolute atomic E-state index is 13.1. The first kappa shape index (κ1) is 18.4. The molecule has 0 aliphatic carbocycles. The van der Waals surface area contributed by atoms with E-state index in [1.165, 1.54) is 0 Å². The van der Waals surface area contributed by atoms with Gasteiger partial charge < -0.3 is 10.2 Å². The number of pyridine rings is 1. The molecule has 2 heterocycles. The quantitative estimate of drug-likeness (QED) is 0.520. The maximum Gasteiger partial charge on any atom is 0.417 e. The Balaban J connectivity index is 2.01. The zero-order valence-corrected chi connectivity index (χ0v) is 16.0. The van der Waals surface area contributed by atoms with Crippen LogP contribution in [0, 0.1) is 3.70 Å². The molecule has 1 saturated heterocycles. The largest absolute Gasteiger partial charge is 0.417 e. The summed E-state index contributed by atoms with van der Waals surface area (Å²) in [6, 6.07) is 7.49. The van der Waals surface area contributed by atoms with Crippen molar-refractivity contribution >= 4 is 44.6 Å². The van der Waals surface area contributed by atoms with Crippen molar-refractivity contribution in [3.8, 4) is 0 Å². The molecule has 3 nitrogen and oxygen atoms in total. The number of nitrogens with zero attached hydrogens (tertiary/aromatic N) is 2. The predicted octanol–water partition coefficient (Wildman–Crippen LogP) is 4.92. The first-order chi connectivity index (χ1) is 11.8. The first-order valence-electron chi connectivity index (χ1n) is 8.06. The van der Waals surface area contributed by atoms with Gasteiger partial charge in [-0.1, -0.05) is 18.7 Å². The van der Waals surface area contributed by atoms with Gasteiger partial charge in [0.25, 0.3) is 0 Å². The molecule has 25 heavy (non-hydrogen) atoms. The second-order valence-corrected chi connectivity index (χ2v) is 7.50. The molecule has 0 amide bonds. The molecule has 134 valence electrons. The van der Waals surface area contributed by atoms with Crippen LogP contribution in [0.5, 0.6) is 0 Å². The van der Waals surface area contributed by atoms with Crippen LogP contribution >= 0.6 is 22.6 Å². The van der Waals surface area contributed by atoms with Crippen molar-refractivity contribution in [2.75, 3.05) is 25.5 Å². The highest BCUT2D eigenvalue weighted by Crippen LogP contribution is 2.37. The Morgan fingerprint density at radius 2 is 1.96 bits per heavy atom. The number of hydrogen-bond acceptors (Lipinski definition) is 3. The maximum atomic E-state index is 13.1. The highest BCUT2D eigenvalue weighted by molar-refractivity contribution is 14.1. The second kappa shape index (κ2) is 7.11. The molecule has 7 heteroatoms. The molecule has 1 N–H and O–H groups in total. The molecule has 1 aromatic carbocycles. The lowest BCUT2D eigenvalue weighted by Gasteiger charge is -2.30. The van der Waals surface area contributed by atoms with Crippen molar-refractivity contribution in [3.63, 3.8) is 0 Å². The first-order valence-corrected chi connectivity index (χ1v) is 9.14. The zero-order chi connectivity index (χ0) is 18.2. The topological polar surface area (TPSA) is 28.2 Å². The fourth-order valence-corrected chi connectivity index (χ4v) is 3.66. The van der Waals surface area contributed by atoms with E-state index in [0.29, 0.717) is 15.1 Å². The Hall–Kier alpha value is -1.35. The van der Waals surface area contributed by atoms with Crippen LogP contribution in [0.4, 0.5) is 18.9 Å². The van der Waals surface area contributed by atoms with Crippen molar-refractivity contribution in [1.82, 2.24) is 9.88 Å². The summed E-state index contributed by atoms with van der Waals surface area (Å²) in [5.41, 5.74) is -0.155. The minimum atomic E-state index is -4.50. The summed E-state index contributed by atoms with van der Waals surface area (Å²) in [7, 11) is 2.09. The van der Waals surface area contributed by atoms with Gasteiger partial charge >= 0.3 is 6.18 Å². The zero-order valence-electron chi connectivity index (χ0n) is 13.8. The number of allylic oxidation sites excluding steroid dienone is 1. The predicted molar refractivity (Wildman–Crippen MR) is 104 cm³/mol. The second-order valence-electron chi connectivity index (χ2n) is 6.39. The van der Waals surface area contributed by atoms with Crippen LogP contribution in [0.25, 0.3) is 16.3 Å². The number of piperidine rings is 1. The number of fused-ring (bicyclic) bond motifs is 1. The summed E-state index contributed by atoms with van der Waals surface area (Å²) >= 11 is 1.95. The summed E-state index contributed by atoms with van der Waals surface area (Å²) < 4.78 is 39.9. The Kier molecular flexibility index (Phi) is 5.24. The van der Waals surface area contributed by atoms with Crippen molar-refractivity contribution in [1.29, 1.82) is 0 Å². The van der Waals surface area contributed by atoms with Crippen molar-refractivity contribution in [3.05, 3.63) is 40.2 Å². The van der Waals surface area contributed by atoms with Gasteiger partial charge in [-0.05, 0) is 67.7 Å². The number of aromatic nitrogens is 1. The molecule has 0 unspecified atom stereocenters. The van der Waals surface area contributed by atoms with E-state index in [1.54, 1.807) is 12.1 Å². The van der Waals surface area contributed by atoms with Gasteiger partial charge in [0.05, 0.1) is 11.3 Å². The summed E-state index contributed by atoms with van der Waals surface area (Å²) in [5.74, 6) is 0. The van der Waals surface area contributed by atoms with Crippen LogP contribution < -0.4 is 5.32 Å². The van der Waals surface area contributed by atoms with Gasteiger partial charge in [-0.2, -0.15) is 13.2 Å². The van der Waals surface area contributed by atoms with Gasteiger partial charge in [-0.3, -0.25) is 0 Å². The average Bonchev–Trinajstić information content (AvgIpc) is 2.55. The van der Waals surface area contributed by atoms with Crippen molar-refractivity contribution < 1.29 is 13.2 Å². The molecule has 1 fully saturated rings. The molecule has 0 saturated carbocycles. The van der Waals surface area contributed by atoms with Gasteiger partial charge in [-0.25, -0.2) is 4.98 Å². The molecule has 0 atom stereocenters. The third-order valence-electron chi connectivity index (χ3n) is 4.55. The summed E-state index contributed by atoms with van der Waals surface area (Å²) in [5, 5.41) is 4.73. The van der Waals surface area contributed by atoms with Gasteiger partial charge in [0.1, 0.15) is 3.70 Å². The molecular weight excluding hydrogens is 442 g/mol.